The number of methoxy groups -OCH3 is 1. The number of amides is 2. The van der Waals surface area contributed by atoms with E-state index in [0.29, 0.717) is 37.0 Å². The lowest BCUT2D eigenvalue weighted by Gasteiger charge is -2.34. The maximum atomic E-state index is 13.2. The van der Waals surface area contributed by atoms with Crippen molar-refractivity contribution in [2.24, 2.45) is 0 Å². The molecule has 1 saturated heterocycles. The molecule has 4 rings (SSSR count). The van der Waals surface area contributed by atoms with Gasteiger partial charge in [-0.3, -0.25) is 9.59 Å². The molecule has 0 bridgehead atoms. The molecule has 9 heteroatoms. The van der Waals surface area contributed by atoms with Crippen LogP contribution in [0.5, 0.6) is 0 Å². The number of aromatic nitrogens is 3. The van der Waals surface area contributed by atoms with Gasteiger partial charge in [0.1, 0.15) is 0 Å². The minimum atomic E-state index is -0.377. The summed E-state index contributed by atoms with van der Waals surface area (Å²) in [4.78, 5) is 27.3. The van der Waals surface area contributed by atoms with Crippen molar-refractivity contribution in [1.82, 2.24) is 25.2 Å². The SMILES string of the molecule is COCCNC(=O)c1cn(C2CCN(C(=O)C3(c4ccc(Cl)cc4)CC3)CC2)nn1. The number of carbonyl (C=O) groups is 2. The molecule has 0 radical (unpaired) electrons. The fourth-order valence-corrected chi connectivity index (χ4v) is 4.20. The third-order valence-electron chi connectivity index (χ3n) is 6.02. The fraction of sp³-hybridized carbons (Fsp3) is 0.524. The van der Waals surface area contributed by atoms with Crippen molar-refractivity contribution < 1.29 is 14.3 Å². The van der Waals surface area contributed by atoms with E-state index in [0.717, 1.165) is 31.2 Å². The Labute approximate surface area is 180 Å². The Morgan fingerprint density at radius 1 is 1.23 bits per heavy atom. The van der Waals surface area contributed by atoms with Crippen molar-refractivity contribution in [3.05, 3.63) is 46.7 Å². The molecule has 2 aliphatic rings. The van der Waals surface area contributed by atoms with Crippen LogP contribution in [0.3, 0.4) is 0 Å². The summed E-state index contributed by atoms with van der Waals surface area (Å²) in [6.45, 7) is 2.23. The van der Waals surface area contributed by atoms with Gasteiger partial charge in [0.2, 0.25) is 5.91 Å². The van der Waals surface area contributed by atoms with Crippen molar-refractivity contribution in [3.63, 3.8) is 0 Å². The molecule has 2 amide bonds. The van der Waals surface area contributed by atoms with Gasteiger partial charge in [-0.1, -0.05) is 28.9 Å². The quantitative estimate of drug-likeness (QED) is 0.679. The molecule has 1 saturated carbocycles. The number of likely N-dealkylation sites (tertiary alicyclic amines) is 1. The van der Waals surface area contributed by atoms with Crippen LogP contribution in [0.1, 0.15) is 47.8 Å². The summed E-state index contributed by atoms with van der Waals surface area (Å²) in [5, 5.41) is 11.5. The third kappa shape index (κ3) is 4.20. The first kappa shape index (κ1) is 20.8. The predicted molar refractivity (Wildman–Crippen MR) is 111 cm³/mol. The number of halogens is 1. The molecule has 2 heterocycles. The van der Waals surface area contributed by atoms with E-state index in [2.05, 4.69) is 15.6 Å². The standard InChI is InChI=1S/C21H26ClN5O3/c1-30-13-10-23-19(28)18-14-27(25-24-18)17-6-11-26(12-7-17)20(29)21(8-9-21)15-2-4-16(22)5-3-15/h2-5,14,17H,6-13H2,1H3,(H,23,28). The summed E-state index contributed by atoms with van der Waals surface area (Å²) in [6, 6.07) is 7.77. The van der Waals surface area contributed by atoms with Gasteiger partial charge in [0.25, 0.3) is 5.91 Å². The number of nitrogens with one attached hydrogen (secondary N) is 1. The molecule has 30 heavy (non-hydrogen) atoms. The number of hydrogen-bond acceptors (Lipinski definition) is 5. The normalized spacial score (nSPS) is 18.3. The number of carbonyl (C=O) groups excluding carboxylic acids is 2. The largest absolute Gasteiger partial charge is 0.383 e. The maximum absolute atomic E-state index is 13.2. The molecule has 0 unspecified atom stereocenters. The Morgan fingerprint density at radius 2 is 1.93 bits per heavy atom. The van der Waals surface area contributed by atoms with Crippen LogP contribution < -0.4 is 5.32 Å². The second kappa shape index (κ2) is 8.73. The minimum Gasteiger partial charge on any atom is -0.383 e. The first-order valence-electron chi connectivity index (χ1n) is 10.3. The molecule has 1 aromatic heterocycles. The Bertz CT molecular complexity index is 902. The van der Waals surface area contributed by atoms with Crippen LogP contribution in [0.2, 0.25) is 5.02 Å². The van der Waals surface area contributed by atoms with Crippen LogP contribution in [0.4, 0.5) is 0 Å². The highest BCUT2D eigenvalue weighted by atomic mass is 35.5. The van der Waals surface area contributed by atoms with Gasteiger partial charge in [-0.2, -0.15) is 0 Å². The highest BCUT2D eigenvalue weighted by Crippen LogP contribution is 2.50. The third-order valence-corrected chi connectivity index (χ3v) is 6.27. The van der Waals surface area contributed by atoms with Crippen LogP contribution in [0.25, 0.3) is 0 Å². The number of rotatable bonds is 7. The van der Waals surface area contributed by atoms with E-state index in [1.54, 1.807) is 18.0 Å². The lowest BCUT2D eigenvalue weighted by molar-refractivity contribution is -0.135. The lowest BCUT2D eigenvalue weighted by atomic mass is 9.93. The number of ether oxygens (including phenoxy) is 1. The summed E-state index contributed by atoms with van der Waals surface area (Å²) in [7, 11) is 1.58. The van der Waals surface area contributed by atoms with Crippen molar-refractivity contribution in [1.29, 1.82) is 0 Å². The van der Waals surface area contributed by atoms with E-state index in [9.17, 15) is 9.59 Å². The summed E-state index contributed by atoms with van der Waals surface area (Å²) in [5.41, 5.74) is 0.974. The van der Waals surface area contributed by atoms with Gasteiger partial charge in [-0.05, 0) is 43.4 Å². The molecular formula is C21H26ClN5O3. The smallest absolute Gasteiger partial charge is 0.273 e. The molecule has 1 aliphatic carbocycles. The van der Waals surface area contributed by atoms with Gasteiger partial charge in [0.15, 0.2) is 5.69 Å². The van der Waals surface area contributed by atoms with Gasteiger partial charge in [-0.15, -0.1) is 5.10 Å². The van der Waals surface area contributed by atoms with Crippen LogP contribution >= 0.6 is 11.6 Å². The summed E-state index contributed by atoms with van der Waals surface area (Å²) < 4.78 is 6.67. The van der Waals surface area contributed by atoms with Crippen molar-refractivity contribution in [3.8, 4) is 0 Å². The zero-order valence-electron chi connectivity index (χ0n) is 17.0. The minimum absolute atomic E-state index is 0.132. The molecule has 1 aliphatic heterocycles. The molecule has 1 aromatic carbocycles. The fourth-order valence-electron chi connectivity index (χ4n) is 4.07. The van der Waals surface area contributed by atoms with E-state index in [1.165, 1.54) is 0 Å². The van der Waals surface area contributed by atoms with Gasteiger partial charge >= 0.3 is 0 Å². The number of benzene rings is 1. The van der Waals surface area contributed by atoms with E-state index < -0.39 is 0 Å². The summed E-state index contributed by atoms with van der Waals surface area (Å²) in [6.07, 6.45) is 5.03. The first-order valence-corrected chi connectivity index (χ1v) is 10.7. The Balaban J connectivity index is 1.34. The maximum Gasteiger partial charge on any atom is 0.273 e. The number of hydrogen-bond donors (Lipinski definition) is 1. The molecular weight excluding hydrogens is 406 g/mol. The Kier molecular flexibility index (Phi) is 6.06. The second-order valence-electron chi connectivity index (χ2n) is 7.94. The van der Waals surface area contributed by atoms with Crippen LogP contribution in [-0.2, 0) is 14.9 Å². The zero-order valence-corrected chi connectivity index (χ0v) is 17.8. The van der Waals surface area contributed by atoms with Gasteiger partial charge in [0, 0.05) is 31.8 Å². The summed E-state index contributed by atoms with van der Waals surface area (Å²) in [5.74, 6) is -0.0513. The van der Waals surface area contributed by atoms with Gasteiger partial charge < -0.3 is 15.0 Å². The van der Waals surface area contributed by atoms with Crippen LogP contribution in [-0.4, -0.2) is 65.1 Å². The zero-order chi connectivity index (χ0) is 21.1. The van der Waals surface area contributed by atoms with Crippen molar-refractivity contribution in [2.75, 3.05) is 33.4 Å². The average Bonchev–Trinajstić information content (AvgIpc) is 3.42. The molecule has 0 atom stereocenters. The molecule has 0 spiro atoms. The highest BCUT2D eigenvalue weighted by Gasteiger charge is 2.53. The van der Waals surface area contributed by atoms with Gasteiger partial charge in [0.05, 0.1) is 24.3 Å². The first-order chi connectivity index (χ1) is 14.5. The monoisotopic (exact) mass is 431 g/mol. The predicted octanol–water partition coefficient (Wildman–Crippen LogP) is 2.20. The lowest BCUT2D eigenvalue weighted by Crippen LogP contribution is -2.44. The molecule has 1 N–H and O–H groups in total. The van der Waals surface area contributed by atoms with E-state index in [-0.39, 0.29) is 23.3 Å². The average molecular weight is 432 g/mol. The van der Waals surface area contributed by atoms with E-state index >= 15 is 0 Å². The highest BCUT2D eigenvalue weighted by molar-refractivity contribution is 6.30. The summed E-state index contributed by atoms with van der Waals surface area (Å²) >= 11 is 6.00. The molecule has 8 nitrogen and oxygen atoms in total. The molecule has 2 fully saturated rings. The van der Waals surface area contributed by atoms with Crippen molar-refractivity contribution in [2.45, 2.75) is 37.1 Å². The van der Waals surface area contributed by atoms with Crippen molar-refractivity contribution >= 4 is 23.4 Å². The number of nitrogens with zero attached hydrogens (tertiary/aromatic N) is 4. The van der Waals surface area contributed by atoms with E-state index in [1.807, 2.05) is 29.2 Å². The second-order valence-corrected chi connectivity index (χ2v) is 8.38. The molecule has 160 valence electrons. The van der Waals surface area contributed by atoms with Crippen LogP contribution in [0, 0.1) is 0 Å². The Hall–Kier alpha value is -2.45. The number of piperidine rings is 1. The Morgan fingerprint density at radius 3 is 2.57 bits per heavy atom. The van der Waals surface area contributed by atoms with E-state index in [4.69, 9.17) is 16.3 Å². The van der Waals surface area contributed by atoms with Crippen LogP contribution in [0.15, 0.2) is 30.5 Å². The van der Waals surface area contributed by atoms with Gasteiger partial charge in [-0.25, -0.2) is 4.68 Å². The molecule has 2 aromatic rings. The topological polar surface area (TPSA) is 89.4 Å².